The van der Waals surface area contributed by atoms with E-state index < -0.39 is 0 Å². The molecule has 0 aliphatic carbocycles. The highest BCUT2D eigenvalue weighted by Crippen LogP contribution is 2.08. The van der Waals surface area contributed by atoms with Crippen LogP contribution in [0.3, 0.4) is 0 Å². The number of nitrogens with one attached hydrogen (secondary N) is 2. The molecule has 1 atom stereocenters. The number of piperidine rings is 1. The second kappa shape index (κ2) is 6.06. The van der Waals surface area contributed by atoms with Gasteiger partial charge in [0.25, 0.3) is 0 Å². The van der Waals surface area contributed by atoms with Gasteiger partial charge in [0.1, 0.15) is 0 Å². The number of carbonyl (C=O) groups excluding carboxylic acids is 1. The number of nitrogens with zero attached hydrogens (tertiary/aromatic N) is 1. The zero-order chi connectivity index (χ0) is 11.2. The first-order valence-electron chi connectivity index (χ1n) is 6.21. The molecule has 2 fully saturated rings. The normalized spacial score (nSPS) is 26.5. The third kappa shape index (κ3) is 3.35. The number of morpholine rings is 1. The zero-order valence-corrected chi connectivity index (χ0v) is 9.71. The maximum absolute atomic E-state index is 11.8. The second-order valence-electron chi connectivity index (χ2n) is 4.43. The van der Waals surface area contributed by atoms with E-state index in [-0.39, 0.29) is 12.1 Å². The van der Waals surface area contributed by atoms with Gasteiger partial charge in [-0.3, -0.25) is 0 Å². The molecule has 2 rings (SSSR count). The van der Waals surface area contributed by atoms with Crippen molar-refractivity contribution in [2.24, 2.45) is 0 Å². The molecule has 92 valence electrons. The maximum Gasteiger partial charge on any atom is 0.317 e. The Morgan fingerprint density at radius 2 is 2.19 bits per heavy atom. The van der Waals surface area contributed by atoms with Crippen molar-refractivity contribution in [1.82, 2.24) is 15.5 Å². The van der Waals surface area contributed by atoms with Crippen molar-refractivity contribution in [1.29, 1.82) is 0 Å². The van der Waals surface area contributed by atoms with Gasteiger partial charge in [-0.1, -0.05) is 0 Å². The third-order valence-corrected chi connectivity index (χ3v) is 3.13. The maximum atomic E-state index is 11.8. The molecule has 2 aliphatic heterocycles. The van der Waals surface area contributed by atoms with Crippen LogP contribution in [0.5, 0.6) is 0 Å². The standard InChI is InChI=1S/C11H21N3O2/c15-11(14-5-2-1-3-6-14)13-9-10-8-12-4-7-16-10/h10,12H,1-9H2,(H,13,15). The summed E-state index contributed by atoms with van der Waals surface area (Å²) in [7, 11) is 0. The second-order valence-corrected chi connectivity index (χ2v) is 4.43. The predicted molar refractivity (Wildman–Crippen MR) is 61.4 cm³/mol. The summed E-state index contributed by atoms with van der Waals surface area (Å²) in [5, 5.41) is 6.19. The average Bonchev–Trinajstić information content (AvgIpc) is 2.38. The topological polar surface area (TPSA) is 53.6 Å². The number of hydrogen-bond donors (Lipinski definition) is 2. The molecule has 2 heterocycles. The van der Waals surface area contributed by atoms with Crippen molar-refractivity contribution >= 4 is 6.03 Å². The minimum Gasteiger partial charge on any atom is -0.374 e. The fourth-order valence-electron chi connectivity index (χ4n) is 2.16. The minimum absolute atomic E-state index is 0.0638. The number of likely N-dealkylation sites (tertiary alicyclic amines) is 1. The quantitative estimate of drug-likeness (QED) is 0.707. The van der Waals surface area contributed by atoms with Crippen molar-refractivity contribution < 1.29 is 9.53 Å². The van der Waals surface area contributed by atoms with Crippen LogP contribution in [0.25, 0.3) is 0 Å². The van der Waals surface area contributed by atoms with E-state index in [2.05, 4.69) is 10.6 Å². The summed E-state index contributed by atoms with van der Waals surface area (Å²) in [6, 6.07) is 0.0638. The molecule has 5 heteroatoms. The molecule has 0 radical (unpaired) electrons. The van der Waals surface area contributed by atoms with E-state index in [1.807, 2.05) is 4.90 Å². The largest absolute Gasteiger partial charge is 0.374 e. The lowest BCUT2D eigenvalue weighted by atomic mass is 10.1. The molecule has 2 saturated heterocycles. The van der Waals surface area contributed by atoms with Gasteiger partial charge in [-0.2, -0.15) is 0 Å². The summed E-state index contributed by atoms with van der Waals surface area (Å²) >= 11 is 0. The summed E-state index contributed by atoms with van der Waals surface area (Å²) in [6.07, 6.45) is 3.64. The molecule has 2 aliphatic rings. The van der Waals surface area contributed by atoms with Crippen LogP contribution in [0.15, 0.2) is 0 Å². The highest BCUT2D eigenvalue weighted by atomic mass is 16.5. The molecule has 0 aromatic carbocycles. The summed E-state index contributed by atoms with van der Waals surface area (Å²) in [5.41, 5.74) is 0. The van der Waals surface area contributed by atoms with Gasteiger partial charge in [0.2, 0.25) is 0 Å². The van der Waals surface area contributed by atoms with Gasteiger partial charge >= 0.3 is 6.03 Å². The molecule has 2 amide bonds. The smallest absolute Gasteiger partial charge is 0.317 e. The van der Waals surface area contributed by atoms with Gasteiger partial charge in [-0.25, -0.2) is 4.79 Å². The fourth-order valence-corrected chi connectivity index (χ4v) is 2.16. The Kier molecular flexibility index (Phi) is 4.42. The Bertz CT molecular complexity index is 223. The number of rotatable bonds is 2. The third-order valence-electron chi connectivity index (χ3n) is 3.13. The van der Waals surface area contributed by atoms with Crippen molar-refractivity contribution in [2.75, 3.05) is 39.3 Å². The van der Waals surface area contributed by atoms with Gasteiger partial charge in [-0.05, 0) is 19.3 Å². The molecule has 0 aromatic rings. The SMILES string of the molecule is O=C(NCC1CNCCO1)N1CCCCC1. The Balaban J connectivity index is 1.65. The molecule has 0 bridgehead atoms. The Labute approximate surface area is 96.5 Å². The van der Waals surface area contributed by atoms with Crippen LogP contribution in [-0.2, 0) is 4.74 Å². The fraction of sp³-hybridized carbons (Fsp3) is 0.909. The van der Waals surface area contributed by atoms with Gasteiger partial charge in [0.05, 0.1) is 12.7 Å². The lowest BCUT2D eigenvalue weighted by Gasteiger charge is -2.29. The number of hydrogen-bond acceptors (Lipinski definition) is 3. The lowest BCUT2D eigenvalue weighted by molar-refractivity contribution is 0.0298. The van der Waals surface area contributed by atoms with E-state index in [0.717, 1.165) is 45.6 Å². The number of carbonyl (C=O) groups is 1. The Hall–Kier alpha value is -0.810. The minimum atomic E-state index is 0.0638. The molecule has 1 unspecified atom stereocenters. The van der Waals surface area contributed by atoms with E-state index in [4.69, 9.17) is 4.74 Å². The molecular formula is C11H21N3O2. The van der Waals surface area contributed by atoms with Crippen LogP contribution >= 0.6 is 0 Å². The van der Waals surface area contributed by atoms with Crippen LogP contribution in [0.1, 0.15) is 19.3 Å². The zero-order valence-electron chi connectivity index (χ0n) is 9.71. The molecular weight excluding hydrogens is 206 g/mol. The van der Waals surface area contributed by atoms with Gasteiger partial charge in [0.15, 0.2) is 0 Å². The number of ether oxygens (including phenoxy) is 1. The van der Waals surface area contributed by atoms with E-state index in [1.54, 1.807) is 0 Å². The van der Waals surface area contributed by atoms with Crippen LogP contribution < -0.4 is 10.6 Å². The monoisotopic (exact) mass is 227 g/mol. The number of urea groups is 1. The van der Waals surface area contributed by atoms with Crippen molar-refractivity contribution in [2.45, 2.75) is 25.4 Å². The van der Waals surface area contributed by atoms with Gasteiger partial charge in [0, 0.05) is 32.7 Å². The molecule has 2 N–H and O–H groups in total. The molecule has 5 nitrogen and oxygen atoms in total. The molecule has 16 heavy (non-hydrogen) atoms. The Morgan fingerprint density at radius 1 is 1.38 bits per heavy atom. The lowest BCUT2D eigenvalue weighted by Crippen LogP contribution is -2.49. The van der Waals surface area contributed by atoms with Gasteiger partial charge in [-0.15, -0.1) is 0 Å². The van der Waals surface area contributed by atoms with Crippen LogP contribution in [-0.4, -0.2) is 56.4 Å². The van der Waals surface area contributed by atoms with Crippen LogP contribution in [0.2, 0.25) is 0 Å². The molecule has 0 saturated carbocycles. The van der Waals surface area contributed by atoms with Crippen molar-refractivity contribution in [3.05, 3.63) is 0 Å². The van der Waals surface area contributed by atoms with Crippen molar-refractivity contribution in [3.8, 4) is 0 Å². The Morgan fingerprint density at radius 3 is 2.88 bits per heavy atom. The highest BCUT2D eigenvalue weighted by molar-refractivity contribution is 5.74. The average molecular weight is 227 g/mol. The summed E-state index contributed by atoms with van der Waals surface area (Å²) in [4.78, 5) is 13.7. The first kappa shape index (κ1) is 11.7. The highest BCUT2D eigenvalue weighted by Gasteiger charge is 2.18. The van der Waals surface area contributed by atoms with E-state index in [0.29, 0.717) is 6.54 Å². The number of amides is 2. The van der Waals surface area contributed by atoms with Crippen LogP contribution in [0.4, 0.5) is 4.79 Å². The van der Waals surface area contributed by atoms with E-state index in [1.165, 1.54) is 6.42 Å². The van der Waals surface area contributed by atoms with E-state index >= 15 is 0 Å². The summed E-state index contributed by atoms with van der Waals surface area (Å²) < 4.78 is 5.52. The molecule has 0 aromatic heterocycles. The van der Waals surface area contributed by atoms with Crippen molar-refractivity contribution in [3.63, 3.8) is 0 Å². The summed E-state index contributed by atoms with van der Waals surface area (Å²) in [5.74, 6) is 0. The first-order valence-corrected chi connectivity index (χ1v) is 6.21. The van der Waals surface area contributed by atoms with Gasteiger partial charge < -0.3 is 20.3 Å². The van der Waals surface area contributed by atoms with Crippen LogP contribution in [0, 0.1) is 0 Å². The molecule has 0 spiro atoms. The summed E-state index contributed by atoms with van der Waals surface area (Å²) in [6.45, 7) is 4.90. The first-order chi connectivity index (χ1) is 7.86. The van der Waals surface area contributed by atoms with E-state index in [9.17, 15) is 4.79 Å². The predicted octanol–water partition coefficient (Wildman–Crippen LogP) is 0.170.